The number of carbonyl (C=O) groups excluding carboxylic acids is 1. The second-order valence-electron chi connectivity index (χ2n) is 4.32. The molecule has 0 heterocycles. The molecule has 0 aromatic heterocycles. The number of benzene rings is 1. The first kappa shape index (κ1) is 15.9. The molecule has 1 amide bonds. The molecule has 19 heavy (non-hydrogen) atoms. The van der Waals surface area contributed by atoms with Crippen LogP contribution in [0.2, 0.25) is 0 Å². The molecule has 1 aromatic carbocycles. The third-order valence-corrected chi connectivity index (χ3v) is 3.36. The van der Waals surface area contributed by atoms with E-state index >= 15 is 0 Å². The van der Waals surface area contributed by atoms with Crippen LogP contribution in [0.15, 0.2) is 30.3 Å². The molecule has 1 rings (SSSR count). The Morgan fingerprint density at radius 2 is 1.95 bits per heavy atom. The van der Waals surface area contributed by atoms with E-state index in [0.717, 1.165) is 31.2 Å². The smallest absolute Gasteiger partial charge is 0.264 e. The van der Waals surface area contributed by atoms with Crippen LogP contribution in [0, 0.1) is 0 Å². The van der Waals surface area contributed by atoms with E-state index in [1.807, 2.05) is 30.3 Å². The van der Waals surface area contributed by atoms with Crippen LogP contribution in [-0.4, -0.2) is 10.1 Å². The third-order valence-electron chi connectivity index (χ3n) is 2.63. The molecular weight excluding hydrogens is 262 g/mol. The zero-order chi connectivity index (χ0) is 13.9. The van der Waals surface area contributed by atoms with Gasteiger partial charge in [0.25, 0.3) is 11.3 Å². The fourth-order valence-corrected chi connectivity index (χ4v) is 2.17. The fraction of sp³-hybridized carbons (Fsp3) is 0.500. The second kappa shape index (κ2) is 9.69. The van der Waals surface area contributed by atoms with Crippen molar-refractivity contribution in [2.45, 2.75) is 45.6 Å². The maximum absolute atomic E-state index is 11.5. The van der Waals surface area contributed by atoms with Crippen LogP contribution in [0.25, 0.3) is 0 Å². The lowest BCUT2D eigenvalue weighted by atomic mass is 10.1. The average molecular weight is 283 g/mol. The van der Waals surface area contributed by atoms with Crippen LogP contribution in [0.1, 0.15) is 44.6 Å². The molecule has 0 spiro atoms. The van der Waals surface area contributed by atoms with Crippen LogP contribution < -0.4 is 4.72 Å². The van der Waals surface area contributed by atoms with E-state index in [0.29, 0.717) is 6.42 Å². The van der Waals surface area contributed by atoms with Crippen molar-refractivity contribution in [3.05, 3.63) is 35.9 Å². The molecule has 0 aliphatic heterocycles. The summed E-state index contributed by atoms with van der Waals surface area (Å²) >= 11 is -1.76. The zero-order valence-corrected chi connectivity index (χ0v) is 12.1. The summed E-state index contributed by atoms with van der Waals surface area (Å²) in [7, 11) is 0. The predicted molar refractivity (Wildman–Crippen MR) is 76.3 cm³/mol. The van der Waals surface area contributed by atoms with Crippen molar-refractivity contribution >= 4 is 17.2 Å². The maximum Gasteiger partial charge on any atom is 0.264 e. The van der Waals surface area contributed by atoms with Gasteiger partial charge in [-0.1, -0.05) is 56.5 Å². The minimum atomic E-state index is -1.76. The summed E-state index contributed by atoms with van der Waals surface area (Å²) in [5, 5.41) is 0. The highest BCUT2D eigenvalue weighted by atomic mass is 32.2. The minimum absolute atomic E-state index is 0.220. The van der Waals surface area contributed by atoms with E-state index in [4.69, 9.17) is 4.18 Å². The Kier molecular flexibility index (Phi) is 8.09. The Labute approximate surface area is 117 Å². The predicted octanol–water partition coefficient (Wildman–Crippen LogP) is 2.87. The normalized spacial score (nSPS) is 12.1. The molecule has 0 radical (unpaired) electrons. The maximum atomic E-state index is 11.5. The summed E-state index contributed by atoms with van der Waals surface area (Å²) in [5.41, 5.74) is 0.924. The van der Waals surface area contributed by atoms with Gasteiger partial charge in [0.1, 0.15) is 0 Å². The van der Waals surface area contributed by atoms with E-state index in [9.17, 15) is 9.00 Å². The van der Waals surface area contributed by atoms with Gasteiger partial charge in [0.2, 0.25) is 5.91 Å². The Bertz CT molecular complexity index is 395. The van der Waals surface area contributed by atoms with Crippen LogP contribution in [0.4, 0.5) is 0 Å². The Morgan fingerprint density at radius 1 is 1.21 bits per heavy atom. The largest absolute Gasteiger partial charge is 0.274 e. The number of amides is 1. The number of carbonyl (C=O) groups is 1. The molecule has 1 aromatic rings. The van der Waals surface area contributed by atoms with Crippen LogP contribution >= 0.6 is 0 Å². The van der Waals surface area contributed by atoms with Gasteiger partial charge >= 0.3 is 0 Å². The van der Waals surface area contributed by atoms with Crippen LogP contribution in [-0.2, 0) is 26.9 Å². The summed E-state index contributed by atoms with van der Waals surface area (Å²) in [6, 6.07) is 9.42. The summed E-state index contributed by atoms with van der Waals surface area (Å²) in [5.74, 6) is -0.220. The van der Waals surface area contributed by atoms with Crippen molar-refractivity contribution in [3.8, 4) is 0 Å². The van der Waals surface area contributed by atoms with Gasteiger partial charge in [-0.2, -0.15) is 0 Å². The molecule has 106 valence electrons. The first-order valence-corrected chi connectivity index (χ1v) is 7.68. The molecule has 0 saturated heterocycles. The van der Waals surface area contributed by atoms with Gasteiger partial charge in [-0.05, 0) is 12.0 Å². The second-order valence-corrected chi connectivity index (χ2v) is 5.23. The summed E-state index contributed by atoms with van der Waals surface area (Å²) in [6.45, 7) is 2.34. The van der Waals surface area contributed by atoms with Crippen molar-refractivity contribution < 1.29 is 13.2 Å². The lowest BCUT2D eigenvalue weighted by Gasteiger charge is -2.05. The van der Waals surface area contributed by atoms with Gasteiger partial charge in [0.15, 0.2) is 0 Å². The van der Waals surface area contributed by atoms with Crippen molar-refractivity contribution in [3.63, 3.8) is 0 Å². The van der Waals surface area contributed by atoms with Gasteiger partial charge < -0.3 is 0 Å². The lowest BCUT2D eigenvalue weighted by Crippen LogP contribution is -2.26. The van der Waals surface area contributed by atoms with Gasteiger partial charge in [0.05, 0.1) is 6.61 Å². The molecule has 0 fully saturated rings. The molecule has 0 saturated carbocycles. The van der Waals surface area contributed by atoms with Gasteiger partial charge in [-0.3, -0.25) is 13.7 Å². The number of hydrogen-bond acceptors (Lipinski definition) is 3. The molecule has 0 bridgehead atoms. The van der Waals surface area contributed by atoms with E-state index in [2.05, 4.69) is 11.6 Å². The van der Waals surface area contributed by atoms with E-state index < -0.39 is 11.3 Å². The third kappa shape index (κ3) is 7.74. The van der Waals surface area contributed by atoms with Crippen molar-refractivity contribution in [2.24, 2.45) is 0 Å². The Hall–Kier alpha value is -1.20. The van der Waals surface area contributed by atoms with Crippen molar-refractivity contribution in [1.82, 2.24) is 4.72 Å². The number of nitrogens with one attached hydrogen (secondary N) is 1. The molecule has 0 aliphatic carbocycles. The Balaban J connectivity index is 2.15. The topological polar surface area (TPSA) is 55.4 Å². The fourth-order valence-electron chi connectivity index (χ4n) is 1.58. The van der Waals surface area contributed by atoms with Crippen LogP contribution in [0.3, 0.4) is 0 Å². The average Bonchev–Trinajstić information content (AvgIpc) is 2.42. The molecule has 1 atom stereocenters. The SMILES string of the molecule is CCCCCCC(=O)NS(=O)OCc1ccccc1. The zero-order valence-electron chi connectivity index (χ0n) is 11.3. The quantitative estimate of drug-likeness (QED) is 0.709. The Morgan fingerprint density at radius 3 is 2.63 bits per heavy atom. The van der Waals surface area contributed by atoms with Crippen molar-refractivity contribution in [1.29, 1.82) is 0 Å². The highest BCUT2D eigenvalue weighted by molar-refractivity contribution is 7.78. The van der Waals surface area contributed by atoms with Gasteiger partial charge in [0, 0.05) is 6.42 Å². The molecule has 0 aliphatic rings. The molecule has 1 N–H and O–H groups in total. The standard InChI is InChI=1S/C14H21NO3S/c1-2-3-4-8-11-14(16)15-19(17)18-12-13-9-6-5-7-10-13/h5-7,9-10H,2-4,8,11-12H2,1H3,(H,15,16). The minimum Gasteiger partial charge on any atom is -0.274 e. The summed E-state index contributed by atoms with van der Waals surface area (Å²) in [4.78, 5) is 11.4. The number of hydrogen-bond donors (Lipinski definition) is 1. The molecule has 4 nitrogen and oxygen atoms in total. The molecular formula is C14H21NO3S. The van der Waals surface area contributed by atoms with Crippen LogP contribution in [0.5, 0.6) is 0 Å². The highest BCUT2D eigenvalue weighted by Gasteiger charge is 2.06. The summed E-state index contributed by atoms with van der Waals surface area (Å²) in [6.07, 6.45) is 4.52. The molecule has 1 unspecified atom stereocenters. The first-order chi connectivity index (χ1) is 9.22. The van der Waals surface area contributed by atoms with E-state index in [1.54, 1.807) is 0 Å². The van der Waals surface area contributed by atoms with Gasteiger partial charge in [-0.25, -0.2) is 4.21 Å². The first-order valence-electron chi connectivity index (χ1n) is 6.61. The highest BCUT2D eigenvalue weighted by Crippen LogP contribution is 2.03. The number of rotatable bonds is 9. The summed E-state index contributed by atoms with van der Waals surface area (Å²) < 4.78 is 18.9. The van der Waals surface area contributed by atoms with Gasteiger partial charge in [-0.15, -0.1) is 0 Å². The number of unbranched alkanes of at least 4 members (excludes halogenated alkanes) is 3. The monoisotopic (exact) mass is 283 g/mol. The van der Waals surface area contributed by atoms with E-state index in [-0.39, 0.29) is 12.5 Å². The lowest BCUT2D eigenvalue weighted by molar-refractivity contribution is -0.119. The molecule has 5 heteroatoms. The van der Waals surface area contributed by atoms with Crippen molar-refractivity contribution in [2.75, 3.05) is 0 Å². The van der Waals surface area contributed by atoms with E-state index in [1.165, 1.54) is 0 Å².